The molecule has 0 fully saturated rings. The topological polar surface area (TPSA) is 74.6 Å². The van der Waals surface area contributed by atoms with E-state index < -0.39 is 17.9 Å². The summed E-state index contributed by atoms with van der Waals surface area (Å²) in [6.45, 7) is 1.12. The summed E-state index contributed by atoms with van der Waals surface area (Å²) in [5, 5.41) is 15.9. The van der Waals surface area contributed by atoms with Crippen LogP contribution in [0.4, 0.5) is 0 Å². The van der Waals surface area contributed by atoms with E-state index >= 15 is 0 Å². The molecule has 0 heterocycles. The molecule has 0 amide bonds. The third-order valence-electron chi connectivity index (χ3n) is 0.741. The van der Waals surface area contributed by atoms with Gasteiger partial charge in [-0.3, -0.25) is 9.59 Å². The van der Waals surface area contributed by atoms with E-state index in [2.05, 4.69) is 0 Å². The monoisotopic (exact) mass is 313 g/mol. The van der Waals surface area contributed by atoms with Crippen LogP contribution in [0, 0.1) is 5.92 Å². The Labute approximate surface area is 66.1 Å². The Bertz CT molecular complexity index is 108. The fraction of sp³-hybridized carbons (Fsp3) is 0.500. The van der Waals surface area contributed by atoms with Gasteiger partial charge in [-0.05, 0) is 6.92 Å². The molecule has 0 aromatic rings. The van der Waals surface area contributed by atoms with Crippen molar-refractivity contribution in [3.8, 4) is 0 Å². The van der Waals surface area contributed by atoms with Crippen LogP contribution in [-0.4, -0.2) is 22.2 Å². The van der Waals surface area contributed by atoms with Gasteiger partial charge in [0.2, 0.25) is 0 Å². The second-order valence-corrected chi connectivity index (χ2v) is 1.40. The van der Waals surface area contributed by atoms with E-state index in [1.54, 1.807) is 0 Å². The molecule has 2 N–H and O–H groups in total. The zero-order valence-electron chi connectivity index (χ0n) is 4.60. The minimum Gasteiger partial charge on any atom is -0.481 e. The smallest absolute Gasteiger partial charge is 0.481 e. The van der Waals surface area contributed by atoms with Gasteiger partial charge in [0.05, 0.1) is 0 Å². The van der Waals surface area contributed by atoms with Crippen LogP contribution in [0.15, 0.2) is 0 Å². The largest absolute Gasteiger partial charge is 2.00 e. The molecule has 0 saturated heterocycles. The van der Waals surface area contributed by atoms with E-state index in [9.17, 15) is 9.59 Å². The fourth-order valence-corrected chi connectivity index (χ4v) is 0.106. The van der Waals surface area contributed by atoms with Crippen molar-refractivity contribution < 1.29 is 40.9 Å². The van der Waals surface area contributed by atoms with Gasteiger partial charge < -0.3 is 10.2 Å². The molecule has 0 aliphatic carbocycles. The normalized spacial score (nSPS) is 8.22. The molecule has 0 saturated carbocycles. The van der Waals surface area contributed by atoms with Crippen LogP contribution in [0.5, 0.6) is 0 Å². The number of rotatable bonds is 2. The molecular weight excluding hydrogens is 307 g/mol. The van der Waals surface area contributed by atoms with Gasteiger partial charge in [-0.2, -0.15) is 0 Å². The summed E-state index contributed by atoms with van der Waals surface area (Å²) in [5.74, 6) is -3.91. The van der Waals surface area contributed by atoms with E-state index in [-0.39, 0.29) is 21.1 Å². The molecule has 0 bridgehead atoms. The summed E-state index contributed by atoms with van der Waals surface area (Å²) in [5.41, 5.74) is 0. The number of carboxylic acids is 2. The number of hydrogen-bond acceptors (Lipinski definition) is 2. The van der Waals surface area contributed by atoms with E-state index in [0.717, 1.165) is 6.92 Å². The molecule has 0 spiro atoms. The van der Waals surface area contributed by atoms with Gasteiger partial charge >= 0.3 is 33.0 Å². The summed E-state index contributed by atoms with van der Waals surface area (Å²) in [6.07, 6.45) is 0. The van der Waals surface area contributed by atoms with Crippen molar-refractivity contribution in [1.29, 1.82) is 0 Å². The van der Waals surface area contributed by atoms with Crippen LogP contribution in [0.25, 0.3) is 0 Å². The van der Waals surface area contributed by atoms with Crippen molar-refractivity contribution in [3.05, 3.63) is 0 Å². The summed E-state index contributed by atoms with van der Waals surface area (Å²) in [7, 11) is 0. The molecule has 0 atom stereocenters. The van der Waals surface area contributed by atoms with Gasteiger partial charge in [0, 0.05) is 0 Å². The summed E-state index contributed by atoms with van der Waals surface area (Å²) < 4.78 is 0. The first-order valence-corrected chi connectivity index (χ1v) is 2.01. The standard InChI is InChI=1S/C4H6O4.Pt/c1-2(3(5)6)4(7)8;/h2H,1H3,(H,5,6)(H,7,8);/q;+2. The Morgan fingerprint density at radius 1 is 1.22 bits per heavy atom. The predicted molar refractivity (Wildman–Crippen MR) is 24.4 cm³/mol. The van der Waals surface area contributed by atoms with Gasteiger partial charge in [0.1, 0.15) is 0 Å². The Kier molecular flexibility index (Phi) is 5.72. The van der Waals surface area contributed by atoms with E-state index in [1.807, 2.05) is 0 Å². The van der Waals surface area contributed by atoms with Crippen LogP contribution >= 0.6 is 0 Å². The van der Waals surface area contributed by atoms with Crippen molar-refractivity contribution in [2.24, 2.45) is 5.92 Å². The maximum absolute atomic E-state index is 9.76. The molecule has 0 aromatic heterocycles. The van der Waals surface area contributed by atoms with Crippen molar-refractivity contribution in [2.45, 2.75) is 6.92 Å². The van der Waals surface area contributed by atoms with Gasteiger partial charge in [0.15, 0.2) is 5.92 Å². The van der Waals surface area contributed by atoms with Crippen LogP contribution in [0.2, 0.25) is 0 Å². The maximum Gasteiger partial charge on any atom is 2.00 e. The van der Waals surface area contributed by atoms with E-state index in [0.29, 0.717) is 0 Å². The van der Waals surface area contributed by atoms with Crippen LogP contribution in [0.1, 0.15) is 6.92 Å². The zero-order valence-corrected chi connectivity index (χ0v) is 6.88. The van der Waals surface area contributed by atoms with Crippen LogP contribution < -0.4 is 0 Å². The third-order valence-corrected chi connectivity index (χ3v) is 0.741. The van der Waals surface area contributed by atoms with Gasteiger partial charge in [-0.25, -0.2) is 0 Å². The fourth-order valence-electron chi connectivity index (χ4n) is 0.106. The first-order chi connectivity index (χ1) is 3.55. The second kappa shape index (κ2) is 4.50. The number of hydrogen-bond donors (Lipinski definition) is 2. The van der Waals surface area contributed by atoms with Gasteiger partial charge in [0.25, 0.3) is 0 Å². The minimum atomic E-state index is -1.31. The van der Waals surface area contributed by atoms with Crippen molar-refractivity contribution in [3.63, 3.8) is 0 Å². The minimum absolute atomic E-state index is 0. The molecule has 0 rings (SSSR count). The quantitative estimate of drug-likeness (QED) is 0.692. The van der Waals surface area contributed by atoms with E-state index in [1.165, 1.54) is 0 Å². The Morgan fingerprint density at radius 2 is 1.44 bits per heavy atom. The molecule has 0 aliphatic heterocycles. The molecule has 0 radical (unpaired) electrons. The first kappa shape index (κ1) is 11.4. The average molecular weight is 313 g/mol. The summed E-state index contributed by atoms with van der Waals surface area (Å²) >= 11 is 0. The SMILES string of the molecule is CC(C(=O)O)C(=O)O.[Pt+2]. The third kappa shape index (κ3) is 4.15. The van der Waals surface area contributed by atoms with Gasteiger partial charge in [-0.15, -0.1) is 0 Å². The van der Waals surface area contributed by atoms with Crippen molar-refractivity contribution in [1.82, 2.24) is 0 Å². The van der Waals surface area contributed by atoms with Crippen molar-refractivity contribution >= 4 is 11.9 Å². The number of aliphatic carboxylic acids is 2. The van der Waals surface area contributed by atoms with E-state index in [4.69, 9.17) is 10.2 Å². The van der Waals surface area contributed by atoms with Gasteiger partial charge in [-0.1, -0.05) is 0 Å². The molecule has 54 valence electrons. The molecule has 4 nitrogen and oxygen atoms in total. The molecule has 9 heavy (non-hydrogen) atoms. The van der Waals surface area contributed by atoms with Crippen LogP contribution in [-0.2, 0) is 30.7 Å². The number of carboxylic acid groups (broad SMARTS) is 2. The summed E-state index contributed by atoms with van der Waals surface area (Å²) in [4.78, 5) is 19.5. The Balaban J connectivity index is 0. The first-order valence-electron chi connectivity index (χ1n) is 2.01. The molecule has 0 unspecified atom stereocenters. The van der Waals surface area contributed by atoms with Crippen LogP contribution in [0.3, 0.4) is 0 Å². The number of carbonyl (C=O) groups is 2. The maximum atomic E-state index is 9.76. The molecule has 0 aromatic carbocycles. The Hall–Kier alpha value is -0.372. The zero-order chi connectivity index (χ0) is 6.73. The average Bonchev–Trinajstić information content (AvgIpc) is 1.64. The predicted octanol–water partition coefficient (Wildman–Crippen LogP) is -0.211. The Morgan fingerprint density at radius 3 is 1.44 bits per heavy atom. The molecule has 0 aliphatic rings. The summed E-state index contributed by atoms with van der Waals surface area (Å²) in [6, 6.07) is 0. The molecular formula is C4H6O4Pt+2. The van der Waals surface area contributed by atoms with Crippen molar-refractivity contribution in [2.75, 3.05) is 0 Å². The molecule has 5 heteroatoms. The second-order valence-electron chi connectivity index (χ2n) is 1.40.